The molecule has 5 nitrogen and oxygen atoms in total. The summed E-state index contributed by atoms with van der Waals surface area (Å²) in [5, 5.41) is 11.7. The Morgan fingerprint density at radius 2 is 2.09 bits per heavy atom. The Morgan fingerprint density at radius 1 is 1.27 bits per heavy atom. The van der Waals surface area contributed by atoms with Crippen LogP contribution in [0.25, 0.3) is 0 Å². The lowest BCUT2D eigenvalue weighted by atomic mass is 9.97. The van der Waals surface area contributed by atoms with Crippen LogP contribution in [0.1, 0.15) is 31.8 Å². The molecule has 1 atom stereocenters. The van der Waals surface area contributed by atoms with Gasteiger partial charge in [-0.15, -0.1) is 11.3 Å². The van der Waals surface area contributed by atoms with E-state index in [9.17, 15) is 9.59 Å². The predicted molar refractivity (Wildman–Crippen MR) is 82.0 cm³/mol. The first-order chi connectivity index (χ1) is 10.6. The Morgan fingerprint density at radius 3 is 2.86 bits per heavy atom. The summed E-state index contributed by atoms with van der Waals surface area (Å²) >= 11 is 1.16. The first-order valence-corrected chi connectivity index (χ1v) is 7.76. The number of carbonyl (C=O) groups is 2. The molecule has 2 aromatic rings. The summed E-state index contributed by atoms with van der Waals surface area (Å²) in [6, 6.07) is 11.0. The van der Waals surface area contributed by atoms with Crippen molar-refractivity contribution in [3.63, 3.8) is 0 Å². The monoisotopic (exact) mass is 317 g/mol. The molecule has 1 unspecified atom stereocenters. The largest absolute Gasteiger partial charge is 0.477 e. The molecule has 0 radical (unpaired) electrons. The topological polar surface area (TPSA) is 75.6 Å². The van der Waals surface area contributed by atoms with Crippen molar-refractivity contribution in [3.05, 3.63) is 57.3 Å². The van der Waals surface area contributed by atoms with Crippen LogP contribution in [-0.2, 0) is 22.5 Å². The number of amides is 1. The molecule has 6 heteroatoms. The van der Waals surface area contributed by atoms with E-state index in [0.29, 0.717) is 13.2 Å². The normalized spacial score (nSPS) is 16.8. The number of rotatable bonds is 4. The van der Waals surface area contributed by atoms with Gasteiger partial charge in [-0.05, 0) is 29.7 Å². The zero-order valence-electron chi connectivity index (χ0n) is 11.7. The van der Waals surface area contributed by atoms with Crippen molar-refractivity contribution >= 4 is 23.2 Å². The summed E-state index contributed by atoms with van der Waals surface area (Å²) in [4.78, 5) is 24.2. The average molecular weight is 317 g/mol. The minimum absolute atomic E-state index is 0.197. The van der Waals surface area contributed by atoms with Gasteiger partial charge in [0.2, 0.25) is 0 Å². The van der Waals surface area contributed by atoms with E-state index in [2.05, 4.69) is 5.32 Å². The van der Waals surface area contributed by atoms with Crippen molar-refractivity contribution in [1.82, 2.24) is 5.32 Å². The highest BCUT2D eigenvalue weighted by molar-refractivity contribution is 7.13. The molecule has 1 aliphatic rings. The van der Waals surface area contributed by atoms with Gasteiger partial charge in [0.1, 0.15) is 4.88 Å². The lowest BCUT2D eigenvalue weighted by molar-refractivity contribution is -0.134. The number of ether oxygens (including phenoxy) is 1. The van der Waals surface area contributed by atoms with Gasteiger partial charge < -0.3 is 15.2 Å². The van der Waals surface area contributed by atoms with Crippen molar-refractivity contribution in [2.24, 2.45) is 0 Å². The number of hydrogen-bond donors (Lipinski definition) is 2. The molecule has 1 aliphatic heterocycles. The van der Waals surface area contributed by atoms with Crippen LogP contribution in [0, 0.1) is 0 Å². The van der Waals surface area contributed by atoms with Crippen LogP contribution in [0.2, 0.25) is 0 Å². The summed E-state index contributed by atoms with van der Waals surface area (Å²) in [5.41, 5.74) is 2.04. The molecular formula is C16H15NO4S. The third-order valence-corrected chi connectivity index (χ3v) is 4.61. The number of benzene rings is 1. The van der Waals surface area contributed by atoms with Gasteiger partial charge >= 0.3 is 5.97 Å². The molecule has 0 spiro atoms. The van der Waals surface area contributed by atoms with E-state index in [-0.39, 0.29) is 10.8 Å². The van der Waals surface area contributed by atoms with Crippen LogP contribution >= 0.6 is 11.3 Å². The van der Waals surface area contributed by atoms with Gasteiger partial charge in [-0.25, -0.2) is 4.79 Å². The third-order valence-electron chi connectivity index (χ3n) is 3.54. The van der Waals surface area contributed by atoms with E-state index >= 15 is 0 Å². The van der Waals surface area contributed by atoms with Crippen LogP contribution in [0.4, 0.5) is 0 Å². The van der Waals surface area contributed by atoms with Crippen LogP contribution in [0.5, 0.6) is 0 Å². The van der Waals surface area contributed by atoms with Crippen molar-refractivity contribution in [1.29, 1.82) is 0 Å². The van der Waals surface area contributed by atoms with Gasteiger partial charge in [-0.3, -0.25) is 4.79 Å². The minimum Gasteiger partial charge on any atom is -0.477 e. The molecule has 3 rings (SSSR count). The fraction of sp³-hybridized carbons (Fsp3) is 0.250. The number of carboxylic acid groups (broad SMARTS) is 1. The molecule has 2 heterocycles. The number of aromatic carboxylic acids is 1. The molecule has 2 N–H and O–H groups in total. The van der Waals surface area contributed by atoms with Crippen molar-refractivity contribution in [2.75, 3.05) is 6.61 Å². The summed E-state index contributed by atoms with van der Waals surface area (Å²) in [7, 11) is 0. The second kappa shape index (κ2) is 6.29. The van der Waals surface area contributed by atoms with Gasteiger partial charge in [-0.1, -0.05) is 24.3 Å². The first-order valence-electron chi connectivity index (χ1n) is 6.94. The van der Waals surface area contributed by atoms with E-state index in [1.807, 2.05) is 24.3 Å². The molecule has 1 amide bonds. The number of thiophene rings is 1. The van der Waals surface area contributed by atoms with Gasteiger partial charge in [0.05, 0.1) is 13.2 Å². The molecule has 1 aromatic heterocycles. The van der Waals surface area contributed by atoms with Gasteiger partial charge in [0, 0.05) is 4.88 Å². The van der Waals surface area contributed by atoms with Crippen LogP contribution < -0.4 is 5.32 Å². The lowest BCUT2D eigenvalue weighted by Crippen LogP contribution is -2.33. The summed E-state index contributed by atoms with van der Waals surface area (Å²) < 4.78 is 5.60. The zero-order valence-corrected chi connectivity index (χ0v) is 12.6. The number of hydrogen-bond acceptors (Lipinski definition) is 4. The Labute approximate surface area is 131 Å². The molecule has 114 valence electrons. The SMILES string of the molecule is O=C(O)c1ccc(CNC(=O)C2OCCc3ccccc32)s1. The van der Waals surface area contributed by atoms with E-state index in [1.165, 1.54) is 0 Å². The smallest absolute Gasteiger partial charge is 0.345 e. The molecule has 22 heavy (non-hydrogen) atoms. The van der Waals surface area contributed by atoms with Gasteiger partial charge in [-0.2, -0.15) is 0 Å². The highest BCUT2D eigenvalue weighted by Gasteiger charge is 2.26. The highest BCUT2D eigenvalue weighted by Crippen LogP contribution is 2.27. The van der Waals surface area contributed by atoms with E-state index in [4.69, 9.17) is 9.84 Å². The van der Waals surface area contributed by atoms with E-state index < -0.39 is 12.1 Å². The van der Waals surface area contributed by atoms with Crippen LogP contribution in [0.15, 0.2) is 36.4 Å². The highest BCUT2D eigenvalue weighted by atomic mass is 32.1. The Bertz CT molecular complexity index is 710. The second-order valence-electron chi connectivity index (χ2n) is 4.99. The summed E-state index contributed by atoms with van der Waals surface area (Å²) in [6.07, 6.45) is 0.219. The molecule has 0 saturated carbocycles. The molecule has 0 bridgehead atoms. The van der Waals surface area contributed by atoms with Crippen molar-refractivity contribution < 1.29 is 19.4 Å². The fourth-order valence-electron chi connectivity index (χ4n) is 2.47. The zero-order chi connectivity index (χ0) is 15.5. The predicted octanol–water partition coefficient (Wildman–Crippen LogP) is 2.38. The van der Waals surface area contributed by atoms with Crippen molar-refractivity contribution in [3.8, 4) is 0 Å². The standard InChI is InChI=1S/C16H15NO4S/c18-15(17-9-11-5-6-13(22-11)16(19)20)14-12-4-2-1-3-10(12)7-8-21-14/h1-6,14H,7-9H2,(H,17,18)(H,19,20). The quantitative estimate of drug-likeness (QED) is 0.908. The number of fused-ring (bicyclic) bond motifs is 1. The number of nitrogens with one attached hydrogen (secondary N) is 1. The molecule has 1 aromatic carbocycles. The average Bonchev–Trinajstić information content (AvgIpc) is 3.01. The fourth-order valence-corrected chi connectivity index (χ4v) is 3.25. The van der Waals surface area contributed by atoms with Crippen LogP contribution in [-0.4, -0.2) is 23.6 Å². The first kappa shape index (κ1) is 14.7. The number of carboxylic acids is 1. The third kappa shape index (κ3) is 3.03. The summed E-state index contributed by atoms with van der Waals surface area (Å²) in [6.45, 7) is 0.829. The maximum atomic E-state index is 12.3. The van der Waals surface area contributed by atoms with Crippen molar-refractivity contribution in [2.45, 2.75) is 19.1 Å². The minimum atomic E-state index is -0.952. The van der Waals surface area contributed by atoms with Gasteiger partial charge in [0.25, 0.3) is 5.91 Å². The second-order valence-corrected chi connectivity index (χ2v) is 6.16. The maximum Gasteiger partial charge on any atom is 0.345 e. The Kier molecular flexibility index (Phi) is 4.22. The van der Waals surface area contributed by atoms with E-state index in [0.717, 1.165) is 33.8 Å². The Hall–Kier alpha value is -2.18. The molecule has 0 saturated heterocycles. The Balaban J connectivity index is 1.66. The van der Waals surface area contributed by atoms with Crippen LogP contribution in [0.3, 0.4) is 0 Å². The maximum absolute atomic E-state index is 12.3. The lowest BCUT2D eigenvalue weighted by Gasteiger charge is -2.25. The van der Waals surface area contributed by atoms with Gasteiger partial charge in [0.15, 0.2) is 6.10 Å². The molecule has 0 fully saturated rings. The summed E-state index contributed by atoms with van der Waals surface area (Å²) in [5.74, 6) is -1.15. The van der Waals surface area contributed by atoms with E-state index in [1.54, 1.807) is 12.1 Å². The molecule has 0 aliphatic carbocycles. The number of carbonyl (C=O) groups excluding carboxylic acids is 1. The molecular weight excluding hydrogens is 302 g/mol.